The number of fused-ring (bicyclic) bond motifs is 1. The van der Waals surface area contributed by atoms with Crippen molar-refractivity contribution in [2.45, 2.75) is 41.5 Å². The molecule has 2 aromatic heterocycles. The average molecular weight is 249 g/mol. The molecule has 0 saturated heterocycles. The first-order valence-electron chi connectivity index (χ1n) is 6.60. The smallest absolute Gasteiger partial charge is 0.254 e. The molecule has 0 unspecified atom stereocenters. The SMILES string of the molecule is CC.CCN(CC)c1c(C)c(C)nc2ncnn12. The molecule has 0 bridgehead atoms. The van der Waals surface area contributed by atoms with Gasteiger partial charge >= 0.3 is 0 Å². The highest BCUT2D eigenvalue weighted by atomic mass is 15.4. The van der Waals surface area contributed by atoms with Crippen LogP contribution in [0.15, 0.2) is 6.33 Å². The summed E-state index contributed by atoms with van der Waals surface area (Å²) in [4.78, 5) is 10.8. The fourth-order valence-corrected chi connectivity index (χ4v) is 1.91. The van der Waals surface area contributed by atoms with Crippen molar-refractivity contribution in [2.24, 2.45) is 0 Å². The van der Waals surface area contributed by atoms with Crippen LogP contribution in [0.3, 0.4) is 0 Å². The molecular formula is C13H23N5. The van der Waals surface area contributed by atoms with Crippen molar-refractivity contribution < 1.29 is 0 Å². The van der Waals surface area contributed by atoms with Gasteiger partial charge in [0.2, 0.25) is 0 Å². The summed E-state index contributed by atoms with van der Waals surface area (Å²) in [5.41, 5.74) is 2.18. The number of aryl methyl sites for hydroxylation is 1. The Morgan fingerprint density at radius 3 is 2.33 bits per heavy atom. The van der Waals surface area contributed by atoms with Crippen LogP contribution >= 0.6 is 0 Å². The first kappa shape index (κ1) is 14.4. The van der Waals surface area contributed by atoms with Crippen molar-refractivity contribution in [1.29, 1.82) is 0 Å². The fourth-order valence-electron chi connectivity index (χ4n) is 1.91. The summed E-state index contributed by atoms with van der Waals surface area (Å²) >= 11 is 0. The molecule has 0 aliphatic heterocycles. The van der Waals surface area contributed by atoms with Gasteiger partial charge in [0.25, 0.3) is 5.78 Å². The topological polar surface area (TPSA) is 46.3 Å². The second-order valence-corrected chi connectivity index (χ2v) is 3.79. The van der Waals surface area contributed by atoms with Gasteiger partial charge < -0.3 is 4.90 Å². The van der Waals surface area contributed by atoms with Gasteiger partial charge in [-0.05, 0) is 27.7 Å². The van der Waals surface area contributed by atoms with Crippen LogP contribution in [-0.2, 0) is 0 Å². The van der Waals surface area contributed by atoms with Crippen LogP contribution in [-0.4, -0.2) is 32.7 Å². The molecule has 0 aromatic carbocycles. The normalized spacial score (nSPS) is 10.1. The molecule has 0 aliphatic carbocycles. The number of aromatic nitrogens is 4. The predicted molar refractivity (Wildman–Crippen MR) is 75.2 cm³/mol. The van der Waals surface area contributed by atoms with Crippen LogP contribution in [0.4, 0.5) is 5.82 Å². The summed E-state index contributed by atoms with van der Waals surface area (Å²) in [6.45, 7) is 14.3. The largest absolute Gasteiger partial charge is 0.357 e. The third-order valence-electron chi connectivity index (χ3n) is 2.94. The Balaban J connectivity index is 0.000000771. The van der Waals surface area contributed by atoms with Gasteiger partial charge in [-0.1, -0.05) is 13.8 Å². The molecule has 0 aliphatic rings. The minimum Gasteiger partial charge on any atom is -0.357 e. The average Bonchev–Trinajstić information content (AvgIpc) is 2.85. The van der Waals surface area contributed by atoms with E-state index >= 15 is 0 Å². The van der Waals surface area contributed by atoms with Gasteiger partial charge in [-0.25, -0.2) is 4.98 Å². The van der Waals surface area contributed by atoms with E-state index in [2.05, 4.69) is 40.7 Å². The lowest BCUT2D eigenvalue weighted by atomic mass is 10.2. The number of hydrogen-bond donors (Lipinski definition) is 0. The van der Waals surface area contributed by atoms with E-state index in [1.54, 1.807) is 6.33 Å². The zero-order valence-corrected chi connectivity index (χ0v) is 12.2. The number of rotatable bonds is 3. The molecule has 18 heavy (non-hydrogen) atoms. The standard InChI is InChI=1S/C11H17N5.C2H6/c1-5-15(6-2)10-8(3)9(4)14-11-12-7-13-16(10)11;1-2/h7H,5-6H2,1-4H3;1-2H3. The van der Waals surface area contributed by atoms with Gasteiger partial charge in [-0.15, -0.1) is 0 Å². The van der Waals surface area contributed by atoms with E-state index in [9.17, 15) is 0 Å². The zero-order chi connectivity index (χ0) is 13.7. The zero-order valence-electron chi connectivity index (χ0n) is 12.2. The first-order chi connectivity index (χ1) is 8.69. The molecule has 2 aromatic rings. The van der Waals surface area contributed by atoms with E-state index in [0.717, 1.165) is 24.6 Å². The molecule has 100 valence electrons. The van der Waals surface area contributed by atoms with Crippen molar-refractivity contribution in [3.05, 3.63) is 17.6 Å². The highest BCUT2D eigenvalue weighted by Crippen LogP contribution is 2.21. The summed E-state index contributed by atoms with van der Waals surface area (Å²) in [7, 11) is 0. The van der Waals surface area contributed by atoms with E-state index in [1.807, 2.05) is 25.3 Å². The molecule has 0 saturated carbocycles. The molecule has 0 spiro atoms. The lowest BCUT2D eigenvalue weighted by molar-refractivity contribution is 0.788. The second kappa shape index (κ2) is 6.33. The minimum absolute atomic E-state index is 0.671. The molecule has 5 nitrogen and oxygen atoms in total. The molecule has 0 amide bonds. The van der Waals surface area contributed by atoms with Crippen molar-refractivity contribution in [2.75, 3.05) is 18.0 Å². The molecule has 0 radical (unpaired) electrons. The Kier molecular flexibility index (Phi) is 5.07. The Morgan fingerprint density at radius 1 is 1.17 bits per heavy atom. The summed E-state index contributed by atoms with van der Waals surface area (Å²) in [5.74, 6) is 1.77. The van der Waals surface area contributed by atoms with Gasteiger partial charge in [0.1, 0.15) is 12.1 Å². The molecule has 5 heteroatoms. The molecule has 0 N–H and O–H groups in total. The van der Waals surface area contributed by atoms with Crippen LogP contribution in [0.1, 0.15) is 39.0 Å². The molecule has 2 heterocycles. The van der Waals surface area contributed by atoms with Gasteiger partial charge in [0.05, 0.1) is 0 Å². The Hall–Kier alpha value is -1.65. The lowest BCUT2D eigenvalue weighted by Gasteiger charge is -2.23. The highest BCUT2D eigenvalue weighted by Gasteiger charge is 2.14. The monoisotopic (exact) mass is 249 g/mol. The van der Waals surface area contributed by atoms with Crippen LogP contribution in [0.5, 0.6) is 0 Å². The third kappa shape index (κ3) is 2.44. The van der Waals surface area contributed by atoms with E-state index in [1.165, 1.54) is 5.56 Å². The van der Waals surface area contributed by atoms with Gasteiger partial charge in [-0.2, -0.15) is 14.6 Å². The summed E-state index contributed by atoms with van der Waals surface area (Å²) in [6, 6.07) is 0. The Morgan fingerprint density at radius 2 is 1.78 bits per heavy atom. The van der Waals surface area contributed by atoms with Gasteiger partial charge in [0.15, 0.2) is 0 Å². The van der Waals surface area contributed by atoms with E-state index < -0.39 is 0 Å². The Bertz CT molecular complexity index is 499. The number of anilines is 1. The molecule has 0 fully saturated rings. The van der Waals surface area contributed by atoms with Crippen molar-refractivity contribution in [3.63, 3.8) is 0 Å². The number of hydrogen-bond acceptors (Lipinski definition) is 4. The van der Waals surface area contributed by atoms with Crippen LogP contribution in [0.25, 0.3) is 5.78 Å². The van der Waals surface area contributed by atoms with Crippen molar-refractivity contribution in [3.8, 4) is 0 Å². The maximum absolute atomic E-state index is 4.41. The first-order valence-corrected chi connectivity index (χ1v) is 6.60. The molecular weight excluding hydrogens is 226 g/mol. The predicted octanol–water partition coefficient (Wildman–Crippen LogP) is 2.61. The fraction of sp³-hybridized carbons (Fsp3) is 0.615. The Labute approximate surface area is 109 Å². The maximum Gasteiger partial charge on any atom is 0.254 e. The van der Waals surface area contributed by atoms with Crippen LogP contribution < -0.4 is 4.90 Å². The van der Waals surface area contributed by atoms with E-state index in [-0.39, 0.29) is 0 Å². The van der Waals surface area contributed by atoms with E-state index in [0.29, 0.717) is 5.78 Å². The minimum atomic E-state index is 0.671. The lowest BCUT2D eigenvalue weighted by Crippen LogP contribution is -2.26. The van der Waals surface area contributed by atoms with Crippen LogP contribution in [0.2, 0.25) is 0 Å². The van der Waals surface area contributed by atoms with Crippen molar-refractivity contribution >= 4 is 11.6 Å². The molecule has 0 atom stereocenters. The third-order valence-corrected chi connectivity index (χ3v) is 2.94. The van der Waals surface area contributed by atoms with E-state index in [4.69, 9.17) is 0 Å². The summed E-state index contributed by atoms with van der Waals surface area (Å²) in [6.07, 6.45) is 1.55. The van der Waals surface area contributed by atoms with Gasteiger partial charge in [-0.3, -0.25) is 0 Å². The quantitative estimate of drug-likeness (QED) is 0.839. The summed E-state index contributed by atoms with van der Waals surface area (Å²) < 4.78 is 1.81. The maximum atomic E-state index is 4.41. The van der Waals surface area contributed by atoms with Crippen LogP contribution in [0, 0.1) is 13.8 Å². The molecule has 2 rings (SSSR count). The van der Waals surface area contributed by atoms with Crippen molar-refractivity contribution in [1.82, 2.24) is 19.6 Å². The second-order valence-electron chi connectivity index (χ2n) is 3.79. The highest BCUT2D eigenvalue weighted by molar-refractivity contribution is 5.53. The number of nitrogens with zero attached hydrogens (tertiary/aromatic N) is 5. The van der Waals surface area contributed by atoms with Gasteiger partial charge in [0, 0.05) is 24.3 Å². The summed E-state index contributed by atoms with van der Waals surface area (Å²) in [5, 5.41) is 4.24.